The van der Waals surface area contributed by atoms with E-state index in [1.54, 1.807) is 31.5 Å². The number of carbonyl (C=O) groups is 1. The van der Waals surface area contributed by atoms with E-state index in [4.69, 9.17) is 9.84 Å². The average molecular weight is 273 g/mol. The molecule has 0 unspecified atom stereocenters. The Hall–Kier alpha value is -2.47. The number of hydrogen-bond acceptors (Lipinski definition) is 5. The number of carboxylic acids is 1. The molecule has 104 valence electrons. The van der Waals surface area contributed by atoms with Crippen LogP contribution in [0.1, 0.15) is 21.6 Å². The molecule has 0 saturated carbocycles. The van der Waals surface area contributed by atoms with E-state index in [1.807, 2.05) is 6.07 Å². The van der Waals surface area contributed by atoms with Gasteiger partial charge in [0.25, 0.3) is 0 Å². The summed E-state index contributed by atoms with van der Waals surface area (Å²) in [6, 6.07) is 6.97. The summed E-state index contributed by atoms with van der Waals surface area (Å²) in [5, 5.41) is 12.0. The van der Waals surface area contributed by atoms with Crippen molar-refractivity contribution in [3.8, 4) is 5.88 Å². The Bertz CT molecular complexity index is 567. The smallest absolute Gasteiger partial charge is 0.337 e. The second-order valence-corrected chi connectivity index (χ2v) is 4.16. The quantitative estimate of drug-likeness (QED) is 0.829. The summed E-state index contributed by atoms with van der Waals surface area (Å²) >= 11 is 0. The third-order valence-electron chi connectivity index (χ3n) is 2.71. The first-order valence-electron chi connectivity index (χ1n) is 6.07. The fraction of sp³-hybridized carbons (Fsp3) is 0.214. The minimum atomic E-state index is -0.971. The zero-order chi connectivity index (χ0) is 14.4. The van der Waals surface area contributed by atoms with Gasteiger partial charge in [0.15, 0.2) is 0 Å². The molecular formula is C14H15N3O3. The van der Waals surface area contributed by atoms with Gasteiger partial charge in [-0.3, -0.25) is 4.98 Å². The zero-order valence-corrected chi connectivity index (χ0v) is 11.0. The van der Waals surface area contributed by atoms with Crippen LogP contribution in [0.4, 0.5) is 0 Å². The van der Waals surface area contributed by atoms with Gasteiger partial charge in [-0.05, 0) is 17.7 Å². The molecule has 0 aliphatic carbocycles. The Balaban J connectivity index is 1.84. The van der Waals surface area contributed by atoms with Crippen molar-refractivity contribution in [2.24, 2.45) is 0 Å². The predicted octanol–water partition coefficient (Wildman–Crippen LogP) is 1.47. The highest BCUT2D eigenvalue weighted by atomic mass is 16.5. The highest BCUT2D eigenvalue weighted by Crippen LogP contribution is 2.06. The third-order valence-corrected chi connectivity index (χ3v) is 2.71. The van der Waals surface area contributed by atoms with Crippen molar-refractivity contribution in [2.75, 3.05) is 7.11 Å². The van der Waals surface area contributed by atoms with Crippen LogP contribution in [0.2, 0.25) is 0 Å². The van der Waals surface area contributed by atoms with E-state index in [0.717, 1.165) is 11.3 Å². The minimum absolute atomic E-state index is 0.188. The lowest BCUT2D eigenvalue weighted by Crippen LogP contribution is -2.14. The third kappa shape index (κ3) is 3.76. The first-order chi connectivity index (χ1) is 9.69. The maximum atomic E-state index is 10.7. The Morgan fingerprint density at radius 3 is 2.60 bits per heavy atom. The van der Waals surface area contributed by atoms with E-state index in [9.17, 15) is 4.79 Å². The summed E-state index contributed by atoms with van der Waals surface area (Å²) in [6.45, 7) is 1.21. The van der Waals surface area contributed by atoms with Crippen LogP contribution in [0.3, 0.4) is 0 Å². The fourth-order valence-electron chi connectivity index (χ4n) is 1.63. The van der Waals surface area contributed by atoms with Crippen molar-refractivity contribution < 1.29 is 14.6 Å². The van der Waals surface area contributed by atoms with Gasteiger partial charge in [-0.25, -0.2) is 9.78 Å². The Labute approximate surface area is 116 Å². The minimum Gasteiger partial charge on any atom is -0.481 e. The van der Waals surface area contributed by atoms with Gasteiger partial charge >= 0.3 is 5.97 Å². The summed E-state index contributed by atoms with van der Waals surface area (Å²) in [5.74, 6) is -0.388. The number of rotatable bonds is 6. The summed E-state index contributed by atoms with van der Waals surface area (Å²) < 4.78 is 4.98. The highest BCUT2D eigenvalue weighted by molar-refractivity contribution is 5.87. The first kappa shape index (κ1) is 14.0. The topological polar surface area (TPSA) is 84.3 Å². The van der Waals surface area contributed by atoms with Crippen molar-refractivity contribution in [1.29, 1.82) is 0 Å². The lowest BCUT2D eigenvalue weighted by molar-refractivity contribution is 0.0696. The number of aromatic nitrogens is 2. The van der Waals surface area contributed by atoms with E-state index < -0.39 is 5.97 Å². The fourth-order valence-corrected chi connectivity index (χ4v) is 1.63. The largest absolute Gasteiger partial charge is 0.481 e. The van der Waals surface area contributed by atoms with Gasteiger partial charge < -0.3 is 15.2 Å². The summed E-state index contributed by atoms with van der Waals surface area (Å²) in [6.07, 6.45) is 3.10. The standard InChI is InChI=1S/C14H15N3O3/c1-20-13-5-2-10(7-17-13)6-15-9-12-4-3-11(8-16-12)14(18)19/h2-5,7-8,15H,6,9H2,1H3,(H,18,19). The number of pyridine rings is 2. The Morgan fingerprint density at radius 2 is 2.05 bits per heavy atom. The molecule has 0 saturated heterocycles. The molecule has 2 aromatic heterocycles. The van der Waals surface area contributed by atoms with E-state index in [2.05, 4.69) is 15.3 Å². The van der Waals surface area contributed by atoms with Crippen LogP contribution >= 0.6 is 0 Å². The lowest BCUT2D eigenvalue weighted by Gasteiger charge is -2.05. The Morgan fingerprint density at radius 1 is 1.20 bits per heavy atom. The molecule has 6 heteroatoms. The van der Waals surface area contributed by atoms with E-state index in [0.29, 0.717) is 19.0 Å². The maximum Gasteiger partial charge on any atom is 0.337 e. The van der Waals surface area contributed by atoms with E-state index in [1.165, 1.54) is 6.20 Å². The molecule has 20 heavy (non-hydrogen) atoms. The molecule has 0 aliphatic rings. The van der Waals surface area contributed by atoms with Crippen molar-refractivity contribution in [3.63, 3.8) is 0 Å². The lowest BCUT2D eigenvalue weighted by atomic mass is 10.2. The van der Waals surface area contributed by atoms with Gasteiger partial charge in [0.1, 0.15) is 0 Å². The average Bonchev–Trinajstić information content (AvgIpc) is 2.48. The molecule has 0 atom stereocenters. The van der Waals surface area contributed by atoms with Crippen LogP contribution in [0, 0.1) is 0 Å². The maximum absolute atomic E-state index is 10.7. The molecule has 0 aliphatic heterocycles. The van der Waals surface area contributed by atoms with Crippen molar-refractivity contribution >= 4 is 5.97 Å². The van der Waals surface area contributed by atoms with Crippen molar-refractivity contribution in [1.82, 2.24) is 15.3 Å². The number of ether oxygens (including phenoxy) is 1. The molecule has 0 spiro atoms. The molecule has 0 amide bonds. The van der Waals surface area contributed by atoms with E-state index >= 15 is 0 Å². The molecule has 2 heterocycles. The van der Waals surface area contributed by atoms with Gasteiger partial charge in [0.05, 0.1) is 18.4 Å². The van der Waals surface area contributed by atoms with Crippen LogP contribution < -0.4 is 10.1 Å². The van der Waals surface area contributed by atoms with Crippen molar-refractivity contribution in [2.45, 2.75) is 13.1 Å². The summed E-state index contributed by atoms with van der Waals surface area (Å²) in [7, 11) is 1.58. The van der Waals surface area contributed by atoms with E-state index in [-0.39, 0.29) is 5.56 Å². The molecular weight excluding hydrogens is 258 g/mol. The van der Waals surface area contributed by atoms with Crippen LogP contribution in [0.5, 0.6) is 5.88 Å². The summed E-state index contributed by atoms with van der Waals surface area (Å²) in [5.41, 5.74) is 2.01. The first-order valence-corrected chi connectivity index (χ1v) is 6.07. The normalized spacial score (nSPS) is 10.2. The number of methoxy groups -OCH3 is 1. The Kier molecular flexibility index (Phi) is 4.62. The van der Waals surface area contributed by atoms with Gasteiger partial charge in [-0.2, -0.15) is 0 Å². The number of hydrogen-bond donors (Lipinski definition) is 2. The van der Waals surface area contributed by atoms with Crippen LogP contribution in [-0.4, -0.2) is 28.2 Å². The number of aromatic carboxylic acids is 1. The molecule has 0 aromatic carbocycles. The molecule has 2 N–H and O–H groups in total. The molecule has 0 fully saturated rings. The monoisotopic (exact) mass is 273 g/mol. The van der Waals surface area contributed by atoms with Gasteiger partial charge in [0.2, 0.25) is 5.88 Å². The van der Waals surface area contributed by atoms with Crippen LogP contribution in [-0.2, 0) is 13.1 Å². The molecule has 0 bridgehead atoms. The zero-order valence-electron chi connectivity index (χ0n) is 11.0. The second kappa shape index (κ2) is 6.63. The van der Waals surface area contributed by atoms with Crippen LogP contribution in [0.15, 0.2) is 36.7 Å². The molecule has 6 nitrogen and oxygen atoms in total. The predicted molar refractivity (Wildman–Crippen MR) is 72.5 cm³/mol. The molecule has 0 radical (unpaired) electrons. The number of nitrogens with one attached hydrogen (secondary N) is 1. The molecule has 2 aromatic rings. The van der Waals surface area contributed by atoms with Gasteiger partial charge in [-0.15, -0.1) is 0 Å². The van der Waals surface area contributed by atoms with Crippen LogP contribution in [0.25, 0.3) is 0 Å². The molecule has 2 rings (SSSR count). The highest BCUT2D eigenvalue weighted by Gasteiger charge is 2.02. The summed E-state index contributed by atoms with van der Waals surface area (Å²) in [4.78, 5) is 18.9. The number of carboxylic acid groups (broad SMARTS) is 1. The van der Waals surface area contributed by atoms with Gasteiger partial charge in [-0.1, -0.05) is 6.07 Å². The SMILES string of the molecule is COc1ccc(CNCc2ccc(C(=O)O)cn2)cn1. The number of nitrogens with zero attached hydrogens (tertiary/aromatic N) is 2. The second-order valence-electron chi connectivity index (χ2n) is 4.16. The van der Waals surface area contributed by atoms with Crippen molar-refractivity contribution in [3.05, 3.63) is 53.5 Å². The van der Waals surface area contributed by atoms with Gasteiger partial charge in [0, 0.05) is 31.5 Å².